The molecule has 0 bridgehead atoms. The van der Waals surface area contributed by atoms with Gasteiger partial charge in [0.1, 0.15) is 0 Å². The topological polar surface area (TPSA) is 99.1 Å². The Bertz CT molecular complexity index is 1030. The number of nitrogens with one attached hydrogen (secondary N) is 2. The number of carbonyl (C=O) groups excluding carboxylic acids is 1. The monoisotopic (exact) mass is 368 g/mol. The van der Waals surface area contributed by atoms with E-state index < -0.39 is 0 Å². The maximum atomic E-state index is 12.7. The molecule has 1 aliphatic rings. The largest absolute Gasteiger partial charge is 0.342 e. The molecule has 1 aliphatic heterocycles. The van der Waals surface area contributed by atoms with Crippen LogP contribution >= 0.6 is 0 Å². The highest BCUT2D eigenvalue weighted by molar-refractivity contribution is 5.79. The summed E-state index contributed by atoms with van der Waals surface area (Å²) in [6.07, 6.45) is 2.13. The smallest absolute Gasteiger partial charge is 0.272 e. The molecule has 8 heteroatoms. The highest BCUT2D eigenvalue weighted by atomic mass is 16.2. The van der Waals surface area contributed by atoms with Gasteiger partial charge in [-0.3, -0.25) is 19.8 Å². The number of nitrogens with zero attached hydrogens (tertiary/aromatic N) is 4. The SMILES string of the molecule is Cc1cc(=O)n2[nH]c(C3CCN(C(=O)Cc4c(C)n[nH]c4C)CC3)cc2n1. The van der Waals surface area contributed by atoms with E-state index in [0.29, 0.717) is 18.0 Å². The van der Waals surface area contributed by atoms with Crippen molar-refractivity contribution in [3.63, 3.8) is 0 Å². The summed E-state index contributed by atoms with van der Waals surface area (Å²) in [5.74, 6) is 0.444. The molecule has 0 saturated carbocycles. The number of amides is 1. The number of aromatic amines is 2. The third-order valence-corrected chi connectivity index (χ3v) is 5.49. The van der Waals surface area contributed by atoms with Gasteiger partial charge in [0.25, 0.3) is 5.56 Å². The first-order valence-electron chi connectivity index (χ1n) is 9.30. The van der Waals surface area contributed by atoms with Gasteiger partial charge in [0, 0.05) is 53.8 Å². The fraction of sp³-hybridized carbons (Fsp3) is 0.474. The van der Waals surface area contributed by atoms with Gasteiger partial charge < -0.3 is 4.90 Å². The number of aromatic nitrogens is 5. The van der Waals surface area contributed by atoms with Crippen molar-refractivity contribution in [2.45, 2.75) is 46.0 Å². The standard InChI is InChI=1S/C19H24N6O2/c1-11-8-19(27)25-17(20-11)10-16(23-25)14-4-6-24(7-5-14)18(26)9-15-12(2)21-22-13(15)3/h8,10,14,23H,4-7,9H2,1-3H3,(H,21,22). The maximum Gasteiger partial charge on any atom is 0.272 e. The summed E-state index contributed by atoms with van der Waals surface area (Å²) in [5.41, 5.74) is 5.14. The van der Waals surface area contributed by atoms with Gasteiger partial charge in [0.2, 0.25) is 5.91 Å². The van der Waals surface area contributed by atoms with Gasteiger partial charge in [-0.25, -0.2) is 9.50 Å². The lowest BCUT2D eigenvalue weighted by atomic mass is 9.93. The van der Waals surface area contributed by atoms with E-state index in [2.05, 4.69) is 20.3 Å². The van der Waals surface area contributed by atoms with Gasteiger partial charge in [-0.15, -0.1) is 0 Å². The molecule has 3 aromatic heterocycles. The first-order chi connectivity index (χ1) is 12.9. The Labute approximate surface area is 156 Å². The van der Waals surface area contributed by atoms with E-state index in [1.807, 2.05) is 31.7 Å². The molecule has 4 heterocycles. The van der Waals surface area contributed by atoms with Gasteiger partial charge >= 0.3 is 0 Å². The Kier molecular flexibility index (Phi) is 4.33. The van der Waals surface area contributed by atoms with Crippen LogP contribution in [0.25, 0.3) is 5.65 Å². The highest BCUT2D eigenvalue weighted by Gasteiger charge is 2.26. The summed E-state index contributed by atoms with van der Waals surface area (Å²) in [7, 11) is 0. The Morgan fingerprint density at radius 2 is 1.96 bits per heavy atom. The van der Waals surface area contributed by atoms with Crippen LogP contribution in [0.1, 0.15) is 47.1 Å². The lowest BCUT2D eigenvalue weighted by Crippen LogP contribution is -2.39. The number of carbonyl (C=O) groups is 1. The first kappa shape index (κ1) is 17.5. The molecule has 0 spiro atoms. The molecule has 2 N–H and O–H groups in total. The molecule has 3 aromatic rings. The second-order valence-corrected chi connectivity index (χ2v) is 7.39. The molecule has 1 saturated heterocycles. The van der Waals surface area contributed by atoms with Crippen LogP contribution in [0.3, 0.4) is 0 Å². The van der Waals surface area contributed by atoms with Crippen molar-refractivity contribution < 1.29 is 4.79 Å². The third kappa shape index (κ3) is 3.27. The number of H-pyrrole nitrogens is 2. The van der Waals surface area contributed by atoms with E-state index in [-0.39, 0.29) is 11.5 Å². The van der Waals surface area contributed by atoms with Gasteiger partial charge in [0.05, 0.1) is 12.1 Å². The Hall–Kier alpha value is -2.90. The van der Waals surface area contributed by atoms with Crippen LogP contribution in [-0.2, 0) is 11.2 Å². The van der Waals surface area contributed by atoms with E-state index >= 15 is 0 Å². The van der Waals surface area contributed by atoms with Crippen LogP contribution in [0.2, 0.25) is 0 Å². The van der Waals surface area contributed by atoms with Crippen molar-refractivity contribution in [2.75, 3.05) is 13.1 Å². The number of piperidine rings is 1. The zero-order chi connectivity index (χ0) is 19.1. The normalized spacial score (nSPS) is 15.6. The lowest BCUT2D eigenvalue weighted by Gasteiger charge is -2.31. The molecule has 1 fully saturated rings. The quantitative estimate of drug-likeness (QED) is 0.734. The van der Waals surface area contributed by atoms with Crippen molar-refractivity contribution in [1.29, 1.82) is 0 Å². The van der Waals surface area contributed by atoms with Crippen molar-refractivity contribution in [2.24, 2.45) is 0 Å². The zero-order valence-electron chi connectivity index (χ0n) is 15.9. The molecule has 8 nitrogen and oxygen atoms in total. The Balaban J connectivity index is 1.44. The summed E-state index contributed by atoms with van der Waals surface area (Å²) < 4.78 is 1.49. The number of hydrogen-bond donors (Lipinski definition) is 2. The van der Waals surface area contributed by atoms with Crippen LogP contribution in [0.5, 0.6) is 0 Å². The lowest BCUT2D eigenvalue weighted by molar-refractivity contribution is -0.131. The average Bonchev–Trinajstić information content (AvgIpc) is 3.20. The number of fused-ring (bicyclic) bond motifs is 1. The molecule has 142 valence electrons. The molecule has 0 atom stereocenters. The molecule has 0 radical (unpaired) electrons. The third-order valence-electron chi connectivity index (χ3n) is 5.49. The zero-order valence-corrected chi connectivity index (χ0v) is 15.9. The van der Waals surface area contributed by atoms with Gasteiger partial charge in [-0.1, -0.05) is 0 Å². The predicted molar refractivity (Wildman–Crippen MR) is 101 cm³/mol. The van der Waals surface area contributed by atoms with Crippen LogP contribution in [0, 0.1) is 20.8 Å². The summed E-state index contributed by atoms with van der Waals surface area (Å²) in [6, 6.07) is 3.48. The van der Waals surface area contributed by atoms with Crippen molar-refractivity contribution in [3.8, 4) is 0 Å². The van der Waals surface area contributed by atoms with Crippen molar-refractivity contribution >= 4 is 11.6 Å². The second kappa shape index (κ2) is 6.68. The molecule has 0 unspecified atom stereocenters. The van der Waals surface area contributed by atoms with E-state index in [9.17, 15) is 9.59 Å². The number of aryl methyl sites for hydroxylation is 3. The summed E-state index contributed by atoms with van der Waals surface area (Å²) in [5, 5.41) is 10.3. The van der Waals surface area contributed by atoms with Crippen LogP contribution < -0.4 is 5.56 Å². The van der Waals surface area contributed by atoms with Crippen LogP contribution in [0.15, 0.2) is 16.9 Å². The average molecular weight is 368 g/mol. The van der Waals surface area contributed by atoms with E-state index in [1.165, 1.54) is 10.6 Å². The van der Waals surface area contributed by atoms with E-state index in [1.54, 1.807) is 0 Å². The fourth-order valence-corrected chi connectivity index (χ4v) is 3.88. The highest BCUT2D eigenvalue weighted by Crippen LogP contribution is 2.28. The van der Waals surface area contributed by atoms with E-state index in [0.717, 1.165) is 54.3 Å². The molecular formula is C19H24N6O2. The fourth-order valence-electron chi connectivity index (χ4n) is 3.88. The minimum atomic E-state index is -0.0952. The van der Waals surface area contributed by atoms with E-state index in [4.69, 9.17) is 0 Å². The number of likely N-dealkylation sites (tertiary alicyclic amines) is 1. The van der Waals surface area contributed by atoms with Crippen LogP contribution in [-0.4, -0.2) is 48.7 Å². The summed E-state index contributed by atoms with van der Waals surface area (Å²) >= 11 is 0. The minimum Gasteiger partial charge on any atom is -0.342 e. The van der Waals surface area contributed by atoms with Crippen molar-refractivity contribution in [1.82, 2.24) is 29.7 Å². The van der Waals surface area contributed by atoms with Gasteiger partial charge in [-0.2, -0.15) is 5.10 Å². The Morgan fingerprint density at radius 1 is 1.22 bits per heavy atom. The van der Waals surface area contributed by atoms with Gasteiger partial charge in [-0.05, 0) is 33.6 Å². The van der Waals surface area contributed by atoms with Gasteiger partial charge in [0.15, 0.2) is 5.65 Å². The second-order valence-electron chi connectivity index (χ2n) is 7.39. The maximum absolute atomic E-state index is 12.7. The summed E-state index contributed by atoms with van der Waals surface area (Å²) in [4.78, 5) is 31.1. The Morgan fingerprint density at radius 3 is 2.63 bits per heavy atom. The summed E-state index contributed by atoms with van der Waals surface area (Å²) in [6.45, 7) is 7.13. The molecule has 0 aliphatic carbocycles. The predicted octanol–water partition coefficient (Wildman–Crippen LogP) is 1.62. The molecule has 27 heavy (non-hydrogen) atoms. The first-order valence-corrected chi connectivity index (χ1v) is 9.30. The molecular weight excluding hydrogens is 344 g/mol. The molecule has 0 aromatic carbocycles. The van der Waals surface area contributed by atoms with Crippen molar-refractivity contribution in [3.05, 3.63) is 50.8 Å². The molecule has 1 amide bonds. The molecule has 4 rings (SSSR count). The number of hydrogen-bond acceptors (Lipinski definition) is 4. The van der Waals surface area contributed by atoms with Crippen LogP contribution in [0.4, 0.5) is 0 Å². The number of rotatable bonds is 3. The minimum absolute atomic E-state index is 0.0952.